The Hall–Kier alpha value is -1.16. The van der Waals surface area contributed by atoms with Crippen molar-refractivity contribution in [2.45, 2.75) is 39.0 Å². The molecule has 2 rings (SSSR count). The molecule has 0 fully saturated rings. The highest BCUT2D eigenvalue weighted by Gasteiger charge is 2.19. The van der Waals surface area contributed by atoms with Crippen LogP contribution in [0.3, 0.4) is 0 Å². The predicted molar refractivity (Wildman–Crippen MR) is 80.3 cm³/mol. The molecule has 98 valence electrons. The summed E-state index contributed by atoms with van der Waals surface area (Å²) in [4.78, 5) is 7.42. The van der Waals surface area contributed by atoms with Crippen molar-refractivity contribution in [3.63, 3.8) is 0 Å². The van der Waals surface area contributed by atoms with E-state index in [1.807, 2.05) is 0 Å². The van der Waals surface area contributed by atoms with Gasteiger partial charge in [0.25, 0.3) is 0 Å². The van der Waals surface area contributed by atoms with Crippen molar-refractivity contribution in [3.05, 3.63) is 22.9 Å². The highest BCUT2D eigenvalue weighted by atomic mass is 32.1. The molecule has 0 aliphatic heterocycles. The van der Waals surface area contributed by atoms with Crippen molar-refractivity contribution in [2.75, 3.05) is 18.5 Å². The molecule has 1 aromatic rings. The van der Waals surface area contributed by atoms with Crippen LogP contribution in [0.15, 0.2) is 6.07 Å². The van der Waals surface area contributed by atoms with E-state index < -0.39 is 0 Å². The zero-order valence-electron chi connectivity index (χ0n) is 11.2. The molecule has 0 bridgehead atoms. The summed E-state index contributed by atoms with van der Waals surface area (Å²) in [5.74, 6) is 0.955. The number of aryl methyl sites for hydroxylation is 2. The maximum absolute atomic E-state index is 5.84. The fourth-order valence-electron chi connectivity index (χ4n) is 2.43. The van der Waals surface area contributed by atoms with Crippen molar-refractivity contribution in [2.24, 2.45) is 5.73 Å². The van der Waals surface area contributed by atoms with E-state index in [0.717, 1.165) is 37.2 Å². The Labute approximate surface area is 114 Å². The van der Waals surface area contributed by atoms with Gasteiger partial charge in [0.15, 0.2) is 0 Å². The molecule has 0 saturated heterocycles. The lowest BCUT2D eigenvalue weighted by Gasteiger charge is -2.21. The van der Waals surface area contributed by atoms with Gasteiger partial charge in [0.05, 0.1) is 5.56 Å². The van der Waals surface area contributed by atoms with E-state index in [1.54, 1.807) is 0 Å². The predicted octanol–water partition coefficient (Wildman–Crippen LogP) is 2.44. The number of anilines is 1. The van der Waals surface area contributed by atoms with Gasteiger partial charge < -0.3 is 10.6 Å². The lowest BCUT2D eigenvalue weighted by molar-refractivity contribution is 0.757. The van der Waals surface area contributed by atoms with Crippen LogP contribution in [-0.2, 0) is 12.8 Å². The summed E-state index contributed by atoms with van der Waals surface area (Å²) in [6, 6.07) is 2.15. The molecule has 1 aliphatic rings. The number of hydrogen-bond donors (Lipinski definition) is 1. The third-order valence-corrected chi connectivity index (χ3v) is 3.72. The van der Waals surface area contributed by atoms with Crippen molar-refractivity contribution >= 4 is 23.0 Å². The molecule has 0 unspecified atom stereocenters. The van der Waals surface area contributed by atoms with Gasteiger partial charge in [-0.15, -0.1) is 0 Å². The zero-order chi connectivity index (χ0) is 13.1. The van der Waals surface area contributed by atoms with Crippen molar-refractivity contribution in [1.82, 2.24) is 4.98 Å². The maximum atomic E-state index is 5.84. The van der Waals surface area contributed by atoms with E-state index in [9.17, 15) is 0 Å². The van der Waals surface area contributed by atoms with Gasteiger partial charge in [0, 0.05) is 19.3 Å². The molecule has 0 spiro atoms. The first kappa shape index (κ1) is 13.3. The second-order valence-corrected chi connectivity index (χ2v) is 5.40. The number of thiocarbonyl (C=S) groups is 1. The van der Waals surface area contributed by atoms with Gasteiger partial charge in [0.2, 0.25) is 0 Å². The van der Waals surface area contributed by atoms with Crippen LogP contribution in [-0.4, -0.2) is 23.6 Å². The summed E-state index contributed by atoms with van der Waals surface area (Å²) in [5, 5.41) is 0. The van der Waals surface area contributed by atoms with Gasteiger partial charge in [-0.3, -0.25) is 0 Å². The van der Waals surface area contributed by atoms with Crippen LogP contribution in [0.4, 0.5) is 5.82 Å². The quantitative estimate of drug-likeness (QED) is 0.829. The normalized spacial score (nSPS) is 13.4. The van der Waals surface area contributed by atoms with Gasteiger partial charge in [-0.1, -0.05) is 25.6 Å². The Morgan fingerprint density at radius 1 is 1.50 bits per heavy atom. The summed E-state index contributed by atoms with van der Waals surface area (Å²) < 4.78 is 0. The number of nitrogens with two attached hydrogens (primary N) is 1. The van der Waals surface area contributed by atoms with Crippen LogP contribution in [0, 0.1) is 0 Å². The van der Waals surface area contributed by atoms with Crippen molar-refractivity contribution in [3.8, 4) is 0 Å². The third-order valence-electron chi connectivity index (χ3n) is 3.50. The van der Waals surface area contributed by atoms with Gasteiger partial charge in [0.1, 0.15) is 10.8 Å². The topological polar surface area (TPSA) is 42.2 Å². The Balaban J connectivity index is 2.35. The lowest BCUT2D eigenvalue weighted by Crippen LogP contribution is -2.25. The first-order valence-corrected chi connectivity index (χ1v) is 7.08. The molecule has 0 radical (unpaired) electrons. The lowest BCUT2D eigenvalue weighted by atomic mass is 10.1. The first-order valence-electron chi connectivity index (χ1n) is 6.67. The number of unbranched alkanes of at least 4 members (excludes halogenated alkanes) is 1. The van der Waals surface area contributed by atoms with E-state index in [2.05, 4.69) is 24.9 Å². The Morgan fingerprint density at radius 2 is 2.28 bits per heavy atom. The molecule has 1 aromatic heterocycles. The van der Waals surface area contributed by atoms with Crippen LogP contribution < -0.4 is 10.6 Å². The summed E-state index contributed by atoms with van der Waals surface area (Å²) in [7, 11) is 2.07. The molecule has 4 heteroatoms. The number of hydrogen-bond acceptors (Lipinski definition) is 3. The van der Waals surface area contributed by atoms with Crippen molar-refractivity contribution in [1.29, 1.82) is 0 Å². The van der Waals surface area contributed by atoms with Gasteiger partial charge in [-0.25, -0.2) is 4.98 Å². The Bertz CT molecular complexity index is 457. The summed E-state index contributed by atoms with van der Waals surface area (Å²) in [6.07, 6.45) is 5.73. The monoisotopic (exact) mass is 263 g/mol. The van der Waals surface area contributed by atoms with Gasteiger partial charge in [-0.05, 0) is 37.3 Å². The molecule has 3 nitrogen and oxygen atoms in total. The largest absolute Gasteiger partial charge is 0.389 e. The van der Waals surface area contributed by atoms with Crippen LogP contribution in [0.25, 0.3) is 0 Å². The van der Waals surface area contributed by atoms with Crippen LogP contribution in [0.1, 0.15) is 43.0 Å². The van der Waals surface area contributed by atoms with Crippen molar-refractivity contribution < 1.29 is 0 Å². The van der Waals surface area contributed by atoms with E-state index in [0.29, 0.717) is 4.99 Å². The molecular formula is C14H21N3S. The molecule has 2 N–H and O–H groups in total. The second kappa shape index (κ2) is 5.65. The second-order valence-electron chi connectivity index (χ2n) is 4.96. The molecule has 0 atom stereocenters. The molecular weight excluding hydrogens is 242 g/mol. The van der Waals surface area contributed by atoms with Crippen LogP contribution in [0.2, 0.25) is 0 Å². The zero-order valence-corrected chi connectivity index (χ0v) is 12.0. The minimum atomic E-state index is 0.454. The van der Waals surface area contributed by atoms with Gasteiger partial charge in [-0.2, -0.15) is 0 Å². The SMILES string of the molecule is CCCCN(C)c1nc2c(cc1C(N)=S)CCC2. The average Bonchev–Trinajstić information content (AvgIpc) is 2.81. The highest BCUT2D eigenvalue weighted by Crippen LogP contribution is 2.27. The molecule has 1 heterocycles. The van der Waals surface area contributed by atoms with Crippen LogP contribution in [0.5, 0.6) is 0 Å². The number of nitrogens with zero attached hydrogens (tertiary/aromatic N) is 2. The maximum Gasteiger partial charge on any atom is 0.138 e. The fraction of sp³-hybridized carbons (Fsp3) is 0.571. The number of rotatable bonds is 5. The summed E-state index contributed by atoms with van der Waals surface area (Å²) >= 11 is 5.16. The van der Waals surface area contributed by atoms with Gasteiger partial charge >= 0.3 is 0 Å². The standard InChI is InChI=1S/C14H21N3S/c1-3-4-8-17(2)14-11(13(15)18)9-10-6-5-7-12(10)16-14/h9H,3-8H2,1-2H3,(H2,15,18). The Kier molecular flexibility index (Phi) is 4.17. The number of pyridine rings is 1. The Morgan fingerprint density at radius 3 is 2.94 bits per heavy atom. The molecule has 0 aromatic carbocycles. The summed E-state index contributed by atoms with van der Waals surface area (Å²) in [6.45, 7) is 3.19. The first-order chi connectivity index (χ1) is 8.63. The smallest absolute Gasteiger partial charge is 0.138 e. The number of aromatic nitrogens is 1. The minimum absolute atomic E-state index is 0.454. The fourth-order valence-corrected chi connectivity index (χ4v) is 2.58. The average molecular weight is 263 g/mol. The molecule has 18 heavy (non-hydrogen) atoms. The number of fused-ring (bicyclic) bond motifs is 1. The minimum Gasteiger partial charge on any atom is -0.389 e. The molecule has 0 saturated carbocycles. The molecule has 1 aliphatic carbocycles. The third kappa shape index (κ3) is 2.64. The van der Waals surface area contributed by atoms with E-state index in [1.165, 1.54) is 24.1 Å². The molecule has 0 amide bonds. The van der Waals surface area contributed by atoms with E-state index >= 15 is 0 Å². The van der Waals surface area contributed by atoms with Crippen LogP contribution >= 0.6 is 12.2 Å². The summed E-state index contributed by atoms with van der Waals surface area (Å²) in [5.41, 5.74) is 9.33. The van der Waals surface area contributed by atoms with E-state index in [4.69, 9.17) is 22.9 Å². The highest BCUT2D eigenvalue weighted by molar-refractivity contribution is 7.80. The van der Waals surface area contributed by atoms with E-state index in [-0.39, 0.29) is 0 Å².